The first-order valence-electron chi connectivity index (χ1n) is 3.71. The van der Waals surface area contributed by atoms with Gasteiger partial charge in [0.25, 0.3) is 0 Å². The van der Waals surface area contributed by atoms with Gasteiger partial charge in [0.05, 0.1) is 24.3 Å². The summed E-state index contributed by atoms with van der Waals surface area (Å²) in [6, 6.07) is 0. The van der Waals surface area contributed by atoms with Crippen molar-refractivity contribution in [3.63, 3.8) is 0 Å². The summed E-state index contributed by atoms with van der Waals surface area (Å²) in [5.41, 5.74) is 0.532. The largest absolute Gasteiger partial charge is 0.390 e. The molecule has 0 bridgehead atoms. The molecule has 0 aromatic carbocycles. The number of nitrogens with zero attached hydrogens (tertiary/aromatic N) is 1. The Hall–Kier alpha value is -0.520. The van der Waals surface area contributed by atoms with Crippen LogP contribution in [0.5, 0.6) is 0 Å². The SMILES string of the molecule is OC(CCS)C(O)c1cnc[nH]1. The van der Waals surface area contributed by atoms with Crippen LogP contribution in [0.1, 0.15) is 18.2 Å². The molecule has 68 valence electrons. The number of aliphatic hydroxyl groups excluding tert-OH is 2. The molecule has 0 saturated heterocycles. The second-order valence-corrected chi connectivity index (χ2v) is 2.98. The number of imidazole rings is 1. The van der Waals surface area contributed by atoms with Crippen LogP contribution in [0, 0.1) is 0 Å². The quantitative estimate of drug-likeness (QED) is 0.507. The molecule has 1 heterocycles. The second kappa shape index (κ2) is 4.49. The normalized spacial score (nSPS) is 15.9. The van der Waals surface area contributed by atoms with E-state index in [1.165, 1.54) is 12.5 Å². The topological polar surface area (TPSA) is 69.1 Å². The van der Waals surface area contributed by atoms with E-state index in [-0.39, 0.29) is 0 Å². The highest BCUT2D eigenvalue weighted by atomic mass is 32.1. The van der Waals surface area contributed by atoms with Gasteiger partial charge in [-0.1, -0.05) is 0 Å². The van der Waals surface area contributed by atoms with Crippen molar-refractivity contribution < 1.29 is 10.2 Å². The summed E-state index contributed by atoms with van der Waals surface area (Å²) < 4.78 is 0. The standard InChI is InChI=1S/C7H12N2O2S/c10-6(1-2-12)7(11)5-3-8-4-9-5/h3-4,6-7,10-12H,1-2H2,(H,8,9). The third-order valence-electron chi connectivity index (χ3n) is 1.63. The Balaban J connectivity index is 2.53. The average Bonchev–Trinajstić information content (AvgIpc) is 2.55. The summed E-state index contributed by atoms with van der Waals surface area (Å²) in [6.07, 6.45) is 1.75. The first-order chi connectivity index (χ1) is 5.75. The van der Waals surface area contributed by atoms with Crippen molar-refractivity contribution in [3.8, 4) is 0 Å². The summed E-state index contributed by atoms with van der Waals surface area (Å²) in [5, 5.41) is 18.8. The molecule has 1 rings (SSSR count). The molecule has 0 aliphatic heterocycles. The van der Waals surface area contributed by atoms with E-state index in [1.54, 1.807) is 0 Å². The monoisotopic (exact) mass is 188 g/mol. The zero-order valence-corrected chi connectivity index (χ0v) is 7.41. The number of aromatic nitrogens is 2. The molecule has 5 heteroatoms. The van der Waals surface area contributed by atoms with E-state index >= 15 is 0 Å². The van der Waals surface area contributed by atoms with Crippen molar-refractivity contribution in [2.45, 2.75) is 18.6 Å². The Morgan fingerprint density at radius 2 is 2.33 bits per heavy atom. The van der Waals surface area contributed by atoms with E-state index in [0.29, 0.717) is 17.9 Å². The molecule has 0 spiro atoms. The summed E-state index contributed by atoms with van der Waals surface area (Å²) in [7, 11) is 0. The van der Waals surface area contributed by atoms with Crippen LogP contribution in [-0.4, -0.2) is 32.0 Å². The number of hydrogen-bond donors (Lipinski definition) is 4. The Morgan fingerprint density at radius 3 is 2.83 bits per heavy atom. The molecule has 0 fully saturated rings. The minimum atomic E-state index is -0.889. The highest BCUT2D eigenvalue weighted by molar-refractivity contribution is 7.80. The molecule has 2 atom stereocenters. The van der Waals surface area contributed by atoms with Gasteiger partial charge in [0, 0.05) is 0 Å². The lowest BCUT2D eigenvalue weighted by Gasteiger charge is -2.14. The molecule has 0 saturated carbocycles. The van der Waals surface area contributed by atoms with Crippen molar-refractivity contribution >= 4 is 12.6 Å². The van der Waals surface area contributed by atoms with Gasteiger partial charge in [0.1, 0.15) is 6.10 Å². The Labute approximate surface area is 76.1 Å². The maximum atomic E-state index is 9.45. The maximum absolute atomic E-state index is 9.45. The summed E-state index contributed by atoms with van der Waals surface area (Å²) in [4.78, 5) is 6.47. The Bertz CT molecular complexity index is 215. The molecule has 0 aliphatic carbocycles. The molecule has 2 unspecified atom stereocenters. The Kier molecular flexibility index (Phi) is 3.58. The van der Waals surface area contributed by atoms with Crippen LogP contribution in [0.3, 0.4) is 0 Å². The lowest BCUT2D eigenvalue weighted by molar-refractivity contribution is 0.0149. The smallest absolute Gasteiger partial charge is 0.121 e. The maximum Gasteiger partial charge on any atom is 0.121 e. The first kappa shape index (κ1) is 9.57. The van der Waals surface area contributed by atoms with Gasteiger partial charge in [-0.15, -0.1) is 0 Å². The molecule has 0 aliphatic rings. The van der Waals surface area contributed by atoms with Crippen molar-refractivity contribution in [1.82, 2.24) is 9.97 Å². The van der Waals surface area contributed by atoms with E-state index in [0.717, 1.165) is 0 Å². The summed E-state index contributed by atoms with van der Waals surface area (Å²) in [5.74, 6) is 0.548. The van der Waals surface area contributed by atoms with Crippen LogP contribution in [0.4, 0.5) is 0 Å². The second-order valence-electron chi connectivity index (χ2n) is 2.53. The molecular weight excluding hydrogens is 176 g/mol. The van der Waals surface area contributed by atoms with Gasteiger partial charge in [0.2, 0.25) is 0 Å². The van der Waals surface area contributed by atoms with E-state index < -0.39 is 12.2 Å². The molecule has 1 aromatic heterocycles. The highest BCUT2D eigenvalue weighted by Gasteiger charge is 2.18. The number of H-pyrrole nitrogens is 1. The fourth-order valence-corrected chi connectivity index (χ4v) is 1.19. The summed E-state index contributed by atoms with van der Waals surface area (Å²) >= 11 is 3.95. The van der Waals surface area contributed by atoms with Crippen LogP contribution in [-0.2, 0) is 0 Å². The predicted molar refractivity (Wildman–Crippen MR) is 48.0 cm³/mol. The van der Waals surface area contributed by atoms with Gasteiger partial charge in [-0.05, 0) is 12.2 Å². The molecular formula is C7H12N2O2S. The number of hydrogen-bond acceptors (Lipinski definition) is 4. The number of aromatic amines is 1. The Morgan fingerprint density at radius 1 is 1.58 bits per heavy atom. The van der Waals surface area contributed by atoms with E-state index in [4.69, 9.17) is 0 Å². The molecule has 0 amide bonds. The van der Waals surface area contributed by atoms with Gasteiger partial charge in [0.15, 0.2) is 0 Å². The third kappa shape index (κ3) is 2.23. The zero-order valence-electron chi connectivity index (χ0n) is 6.51. The summed E-state index contributed by atoms with van der Waals surface area (Å²) in [6.45, 7) is 0. The predicted octanol–water partition coefficient (Wildman–Crippen LogP) is 0.124. The molecule has 1 aromatic rings. The minimum absolute atomic E-state index is 0.462. The van der Waals surface area contributed by atoms with E-state index in [1.807, 2.05) is 0 Å². The van der Waals surface area contributed by atoms with Crippen molar-refractivity contribution in [2.75, 3.05) is 5.75 Å². The van der Waals surface area contributed by atoms with Crippen LogP contribution >= 0.6 is 12.6 Å². The fourth-order valence-electron chi connectivity index (χ4n) is 0.926. The van der Waals surface area contributed by atoms with Crippen LogP contribution in [0.25, 0.3) is 0 Å². The number of nitrogens with one attached hydrogen (secondary N) is 1. The van der Waals surface area contributed by atoms with Crippen molar-refractivity contribution in [3.05, 3.63) is 18.2 Å². The minimum Gasteiger partial charge on any atom is -0.390 e. The van der Waals surface area contributed by atoms with Crippen LogP contribution in [0.2, 0.25) is 0 Å². The molecule has 0 radical (unpaired) electrons. The molecule has 3 N–H and O–H groups in total. The van der Waals surface area contributed by atoms with E-state index in [9.17, 15) is 10.2 Å². The fraction of sp³-hybridized carbons (Fsp3) is 0.571. The van der Waals surface area contributed by atoms with Crippen LogP contribution < -0.4 is 0 Å². The van der Waals surface area contributed by atoms with Gasteiger partial charge >= 0.3 is 0 Å². The van der Waals surface area contributed by atoms with Gasteiger partial charge < -0.3 is 15.2 Å². The van der Waals surface area contributed by atoms with Gasteiger partial charge in [-0.2, -0.15) is 12.6 Å². The number of thiol groups is 1. The third-order valence-corrected chi connectivity index (χ3v) is 1.89. The van der Waals surface area contributed by atoms with Crippen LogP contribution in [0.15, 0.2) is 12.5 Å². The van der Waals surface area contributed by atoms with E-state index in [2.05, 4.69) is 22.6 Å². The first-order valence-corrected chi connectivity index (χ1v) is 4.34. The van der Waals surface area contributed by atoms with Crippen molar-refractivity contribution in [2.24, 2.45) is 0 Å². The number of rotatable bonds is 4. The van der Waals surface area contributed by atoms with Crippen molar-refractivity contribution in [1.29, 1.82) is 0 Å². The average molecular weight is 188 g/mol. The molecule has 4 nitrogen and oxygen atoms in total. The molecule has 12 heavy (non-hydrogen) atoms. The number of aliphatic hydroxyl groups is 2. The lowest BCUT2D eigenvalue weighted by Crippen LogP contribution is -2.18. The highest BCUT2D eigenvalue weighted by Crippen LogP contribution is 2.15. The lowest BCUT2D eigenvalue weighted by atomic mass is 10.1. The van der Waals surface area contributed by atoms with Gasteiger partial charge in [-0.3, -0.25) is 0 Å². The van der Waals surface area contributed by atoms with Gasteiger partial charge in [-0.25, -0.2) is 4.98 Å². The zero-order chi connectivity index (χ0) is 8.97.